The van der Waals surface area contributed by atoms with Gasteiger partial charge in [-0.3, -0.25) is 4.57 Å². The highest BCUT2D eigenvalue weighted by Crippen LogP contribution is 2.57. The van der Waals surface area contributed by atoms with Gasteiger partial charge in [-0.05, 0) is 48.7 Å². The zero-order valence-corrected chi connectivity index (χ0v) is 24.1. The second kappa shape index (κ2) is 10.4. The van der Waals surface area contributed by atoms with Crippen LogP contribution in [-0.2, 0) is 9.16 Å². The molecular weight excluding hydrogens is 528 g/mol. The number of nitrogens with zero attached hydrogens (tertiary/aromatic N) is 2. The van der Waals surface area contributed by atoms with Gasteiger partial charge in [0.05, 0.1) is 30.2 Å². The molecule has 0 bridgehead atoms. The number of rotatable bonds is 6. The molecule has 1 aliphatic carbocycles. The van der Waals surface area contributed by atoms with Crippen molar-refractivity contribution in [3.8, 4) is 0 Å². The first-order valence-electron chi connectivity index (χ1n) is 12.6. The van der Waals surface area contributed by atoms with Crippen LogP contribution in [0.1, 0.15) is 48.2 Å². The highest BCUT2D eigenvalue weighted by molar-refractivity contribution is 6.48. The highest BCUT2D eigenvalue weighted by atomic mass is 28.3. The molecule has 0 amide bonds. The van der Waals surface area contributed by atoms with Crippen molar-refractivity contribution in [3.63, 3.8) is 0 Å². The number of methoxy groups -OCH3 is 1. The summed E-state index contributed by atoms with van der Waals surface area (Å²) >= 11 is 0. The van der Waals surface area contributed by atoms with Gasteiger partial charge in [0, 0.05) is 0 Å². The van der Waals surface area contributed by atoms with E-state index < -0.39 is 61.3 Å². The fourth-order valence-corrected chi connectivity index (χ4v) is 6.40. The minimum Gasteiger partial charge on any atom is -0.465 e. The van der Waals surface area contributed by atoms with Gasteiger partial charge in [0.15, 0.2) is 20.7 Å². The van der Waals surface area contributed by atoms with Gasteiger partial charge >= 0.3 is 5.97 Å². The number of imidazole rings is 1. The van der Waals surface area contributed by atoms with Crippen LogP contribution >= 0.6 is 0 Å². The van der Waals surface area contributed by atoms with Crippen LogP contribution in [-0.4, -0.2) is 43.4 Å². The number of esters is 1. The fraction of sp³-hybridized carbons (Fsp3) is 0.379. The topological polar surface area (TPSA) is 53.3 Å². The molecule has 0 fully saturated rings. The molecule has 0 N–H and O–H groups in total. The van der Waals surface area contributed by atoms with Gasteiger partial charge in [0.1, 0.15) is 23.4 Å². The van der Waals surface area contributed by atoms with Gasteiger partial charge < -0.3 is 9.16 Å². The minimum absolute atomic E-state index is 0.0586. The first-order valence-corrected chi connectivity index (χ1v) is 15.4. The van der Waals surface area contributed by atoms with E-state index in [-0.39, 0.29) is 22.2 Å². The van der Waals surface area contributed by atoms with Crippen molar-refractivity contribution in [2.24, 2.45) is 5.41 Å². The van der Waals surface area contributed by atoms with E-state index in [1.165, 1.54) is 31.4 Å². The monoisotopic (exact) mass is 560 g/mol. The van der Waals surface area contributed by atoms with E-state index in [2.05, 4.69) is 4.98 Å². The van der Waals surface area contributed by atoms with Crippen molar-refractivity contribution in [2.75, 3.05) is 7.11 Å². The largest absolute Gasteiger partial charge is 0.465 e. The van der Waals surface area contributed by atoms with Crippen molar-refractivity contribution in [1.29, 1.82) is 0 Å². The maximum Gasteiger partial charge on any atom is 0.340 e. The van der Waals surface area contributed by atoms with Gasteiger partial charge in [-0.25, -0.2) is 27.3 Å². The number of aryl methyl sites for hydroxylation is 1. The maximum absolute atomic E-state index is 17.8. The number of hydrogen-bond acceptors (Lipinski definition) is 4. The van der Waals surface area contributed by atoms with Crippen LogP contribution in [0.3, 0.4) is 0 Å². The lowest BCUT2D eigenvalue weighted by atomic mass is 9.68. The van der Waals surface area contributed by atoms with Crippen LogP contribution in [0.15, 0.2) is 66.3 Å². The Morgan fingerprint density at radius 1 is 1.13 bits per heavy atom. The molecule has 2 aromatic carbocycles. The molecule has 0 radical (unpaired) electrons. The summed E-state index contributed by atoms with van der Waals surface area (Å²) in [5.41, 5.74) is -4.20. The van der Waals surface area contributed by atoms with Gasteiger partial charge in [0.2, 0.25) is 5.67 Å². The van der Waals surface area contributed by atoms with Gasteiger partial charge in [-0.2, -0.15) is 0 Å². The quantitative estimate of drug-likeness (QED) is 0.180. The zero-order valence-electron chi connectivity index (χ0n) is 23.0. The summed E-state index contributed by atoms with van der Waals surface area (Å²) in [5, 5.41) is 0. The summed E-state index contributed by atoms with van der Waals surface area (Å²) in [4.78, 5) is 16.5. The lowest BCUT2D eigenvalue weighted by Gasteiger charge is -2.47. The van der Waals surface area contributed by atoms with E-state index >= 15 is 17.6 Å². The fourth-order valence-electron chi connectivity index (χ4n) is 5.25. The maximum atomic E-state index is 17.8. The number of carbonyl (C=O) groups excluding carboxylic acids is 1. The molecule has 1 aliphatic rings. The Kier molecular flexibility index (Phi) is 7.66. The molecule has 0 saturated heterocycles. The highest BCUT2D eigenvalue weighted by Gasteiger charge is 2.61. The van der Waals surface area contributed by atoms with E-state index in [0.717, 1.165) is 10.9 Å². The summed E-state index contributed by atoms with van der Waals surface area (Å²) in [7, 11) is -0.815. The number of ether oxygens (including phenoxy) is 1. The Morgan fingerprint density at radius 3 is 2.33 bits per heavy atom. The van der Waals surface area contributed by atoms with Crippen molar-refractivity contribution in [1.82, 2.24) is 9.55 Å². The van der Waals surface area contributed by atoms with Gasteiger partial charge in [-0.1, -0.05) is 51.1 Å². The predicted molar refractivity (Wildman–Crippen MR) is 146 cm³/mol. The molecule has 1 heterocycles. The van der Waals surface area contributed by atoms with E-state index in [9.17, 15) is 4.79 Å². The Labute approximate surface area is 226 Å². The third-order valence-corrected chi connectivity index (χ3v) is 7.60. The van der Waals surface area contributed by atoms with Crippen LogP contribution in [0.5, 0.6) is 0 Å². The number of hydrogen-bond donors (Lipinski definition) is 0. The lowest BCUT2D eigenvalue weighted by molar-refractivity contribution is -0.0591. The molecule has 5 nitrogen and oxygen atoms in total. The third-order valence-electron chi connectivity index (χ3n) is 6.79. The number of benzene rings is 2. The summed E-state index contributed by atoms with van der Waals surface area (Å²) < 4.78 is 78.6. The van der Waals surface area contributed by atoms with Gasteiger partial charge in [-0.15, -0.1) is 0 Å². The van der Waals surface area contributed by atoms with Crippen molar-refractivity contribution >= 4 is 31.7 Å². The number of aromatic nitrogens is 2. The molecule has 0 spiro atoms. The average molecular weight is 561 g/mol. The van der Waals surface area contributed by atoms with Crippen LogP contribution in [0, 0.1) is 12.3 Å². The molecule has 3 aromatic rings. The molecule has 208 valence electrons. The molecular formula is C29H32F4N2O3Si. The predicted octanol–water partition coefficient (Wildman–Crippen LogP) is 7.34. The molecule has 39 heavy (non-hydrogen) atoms. The van der Waals surface area contributed by atoms with Crippen LogP contribution in [0.2, 0.25) is 13.1 Å². The van der Waals surface area contributed by atoms with E-state index in [1.807, 2.05) is 0 Å². The summed E-state index contributed by atoms with van der Waals surface area (Å²) in [6.07, 6.45) is -0.413. The van der Waals surface area contributed by atoms with Crippen LogP contribution < -0.4 is 0 Å². The number of allylic oxidation sites excluding steroid dienone is 3. The first kappa shape index (κ1) is 28.8. The molecule has 4 rings (SSSR count). The smallest absolute Gasteiger partial charge is 0.340 e. The number of fused-ring (bicyclic) bond motifs is 1. The number of halogens is 4. The number of alkyl halides is 1. The SMILES string of the molecule is COC(=O)c1cc(C)cc2c1ncn2C1=C(F)C(F)(C(O[SiH](C)C)C(C)(C)C)C(c2ccccc2)C(F)=C1F. The third kappa shape index (κ3) is 4.84. The van der Waals surface area contributed by atoms with Crippen molar-refractivity contribution in [2.45, 2.75) is 58.5 Å². The van der Waals surface area contributed by atoms with E-state index in [1.54, 1.807) is 59.0 Å². The Morgan fingerprint density at radius 2 is 1.77 bits per heavy atom. The summed E-state index contributed by atoms with van der Waals surface area (Å²) in [6.45, 7) is 10.3. The molecule has 1 aromatic heterocycles. The second-order valence-corrected chi connectivity index (χ2v) is 13.5. The van der Waals surface area contributed by atoms with Crippen molar-refractivity contribution in [3.05, 3.63) is 83.0 Å². The van der Waals surface area contributed by atoms with Crippen LogP contribution in [0.4, 0.5) is 17.6 Å². The lowest BCUT2D eigenvalue weighted by Crippen LogP contribution is -2.55. The summed E-state index contributed by atoms with van der Waals surface area (Å²) in [6, 6.07) is 10.7. The molecule has 3 unspecified atom stereocenters. The molecule has 10 heteroatoms. The average Bonchev–Trinajstić information content (AvgIpc) is 3.28. The normalized spacial score (nSPS) is 21.2. The Bertz CT molecular complexity index is 1480. The summed E-state index contributed by atoms with van der Waals surface area (Å²) in [5.74, 6) is -7.15. The number of carbonyl (C=O) groups is 1. The first-order chi connectivity index (χ1) is 18.2. The molecule has 0 aliphatic heterocycles. The van der Waals surface area contributed by atoms with Crippen LogP contribution in [0.25, 0.3) is 16.7 Å². The Balaban J connectivity index is 2.09. The molecule has 0 saturated carbocycles. The standard InChI is InChI=1S/C29H32F4N2O3Si/c1-16-13-18(26(36)37-5)23-19(14-16)35(15-34-23)24-22(31)21(30)20(17-11-9-8-10-12-17)29(33,25(24)32)27(28(2,3)4)38-39(6)7/h8-15,20,27,39H,1-7H3. The zero-order chi connectivity index (χ0) is 28.9. The second-order valence-electron chi connectivity index (χ2n) is 11.2. The van der Waals surface area contributed by atoms with Gasteiger partial charge in [0.25, 0.3) is 0 Å². The minimum atomic E-state index is -3.11. The molecule has 3 atom stereocenters. The van der Waals surface area contributed by atoms with E-state index in [4.69, 9.17) is 9.16 Å². The van der Waals surface area contributed by atoms with E-state index in [0.29, 0.717) is 5.56 Å². The Hall–Kier alpha value is -3.24. The van der Waals surface area contributed by atoms with Crippen molar-refractivity contribution < 1.29 is 31.5 Å².